The summed E-state index contributed by atoms with van der Waals surface area (Å²) in [6.07, 6.45) is 0.120. The summed E-state index contributed by atoms with van der Waals surface area (Å²) in [5, 5.41) is 2.23. The molecule has 146 valence electrons. The van der Waals surface area contributed by atoms with Gasteiger partial charge in [0.15, 0.2) is 0 Å². The number of rotatable bonds is 8. The molecule has 9 nitrogen and oxygen atoms in total. The predicted octanol–water partition coefficient (Wildman–Crippen LogP) is 2.04. The van der Waals surface area contributed by atoms with Crippen LogP contribution in [0.2, 0.25) is 0 Å². The van der Waals surface area contributed by atoms with Crippen LogP contribution in [-0.2, 0) is 10.0 Å². The number of carbonyl (C=O) groups excluding carboxylic acids is 1. The number of aryl methyl sites for hydroxylation is 1. The number of para-hydroxylation sites is 1. The van der Waals surface area contributed by atoms with Crippen molar-refractivity contribution in [3.8, 4) is 11.6 Å². The van der Waals surface area contributed by atoms with Gasteiger partial charge in [-0.15, -0.1) is 0 Å². The average Bonchev–Trinajstić information content (AvgIpc) is 2.61. The van der Waals surface area contributed by atoms with Crippen LogP contribution >= 0.6 is 0 Å². The molecule has 0 radical (unpaired) electrons. The van der Waals surface area contributed by atoms with Crippen LogP contribution in [0.1, 0.15) is 12.1 Å². The zero-order chi connectivity index (χ0) is 19.9. The number of amides is 2. The molecule has 0 fully saturated rings. The van der Waals surface area contributed by atoms with Crippen molar-refractivity contribution in [1.29, 1.82) is 0 Å². The zero-order valence-electron chi connectivity index (χ0n) is 14.7. The predicted molar refractivity (Wildman–Crippen MR) is 95.2 cm³/mol. The third-order valence-corrected chi connectivity index (χ3v) is 4.54. The highest BCUT2D eigenvalue weighted by Crippen LogP contribution is 2.23. The number of hydrogen-bond acceptors (Lipinski definition) is 7. The molecule has 2 amide bonds. The fourth-order valence-corrected chi connectivity index (χ4v) is 3.09. The molecule has 11 heteroatoms. The normalized spacial score (nSPS) is 10.9. The van der Waals surface area contributed by atoms with Gasteiger partial charge in [-0.1, -0.05) is 12.1 Å². The van der Waals surface area contributed by atoms with Crippen LogP contribution < -0.4 is 19.5 Å². The molecule has 0 aliphatic rings. The first-order chi connectivity index (χ1) is 12.9. The van der Waals surface area contributed by atoms with Crippen LogP contribution in [0.5, 0.6) is 11.6 Å². The molecular weight excluding hydrogens is 379 g/mol. The van der Waals surface area contributed by atoms with Crippen molar-refractivity contribution in [2.24, 2.45) is 0 Å². The van der Waals surface area contributed by atoms with Crippen LogP contribution in [0.15, 0.2) is 35.2 Å². The van der Waals surface area contributed by atoms with Gasteiger partial charge in [0.25, 0.3) is 10.0 Å². The molecule has 1 aromatic heterocycles. The Hall–Kier alpha value is -2.95. The Morgan fingerprint density at radius 3 is 2.70 bits per heavy atom. The highest BCUT2D eigenvalue weighted by atomic mass is 32.2. The molecule has 27 heavy (non-hydrogen) atoms. The number of alkyl halides is 1. The molecule has 0 spiro atoms. The molecule has 0 aliphatic heterocycles. The van der Waals surface area contributed by atoms with E-state index in [2.05, 4.69) is 15.3 Å². The summed E-state index contributed by atoms with van der Waals surface area (Å²) in [6.45, 7) is 1.08. The topological polar surface area (TPSA) is 120 Å². The molecule has 2 aromatic rings. The summed E-state index contributed by atoms with van der Waals surface area (Å²) in [4.78, 5) is 19.7. The van der Waals surface area contributed by atoms with Gasteiger partial charge in [0.05, 0.1) is 20.4 Å². The van der Waals surface area contributed by atoms with Gasteiger partial charge in [0.1, 0.15) is 10.6 Å². The highest BCUT2D eigenvalue weighted by Gasteiger charge is 2.22. The number of benzene rings is 1. The Kier molecular flexibility index (Phi) is 6.88. The van der Waals surface area contributed by atoms with Crippen molar-refractivity contribution >= 4 is 22.0 Å². The van der Waals surface area contributed by atoms with Gasteiger partial charge in [0.2, 0.25) is 11.8 Å². The lowest BCUT2D eigenvalue weighted by molar-refractivity contribution is 0.256. The van der Waals surface area contributed by atoms with E-state index in [-0.39, 0.29) is 35.5 Å². The SMILES string of the molecule is COc1cc(C)nc(NC(=O)NS(=O)(=O)c2ccccc2OCCCF)n1. The summed E-state index contributed by atoms with van der Waals surface area (Å²) in [5.74, 6) is 0.110. The second kappa shape index (κ2) is 9.12. The third-order valence-electron chi connectivity index (χ3n) is 3.17. The Morgan fingerprint density at radius 2 is 2.00 bits per heavy atom. The van der Waals surface area contributed by atoms with Crippen molar-refractivity contribution in [1.82, 2.24) is 14.7 Å². The second-order valence-electron chi connectivity index (χ2n) is 5.27. The Labute approximate surface area is 156 Å². The van der Waals surface area contributed by atoms with Crippen LogP contribution in [0.25, 0.3) is 0 Å². The van der Waals surface area contributed by atoms with Crippen molar-refractivity contribution in [2.75, 3.05) is 25.7 Å². The molecule has 1 aromatic carbocycles. The standard InChI is InChI=1S/C16H19FN4O5S/c1-11-10-14(25-2)19-15(18-11)20-16(22)21-27(23,24)13-7-4-3-6-12(13)26-9-5-8-17/h3-4,6-7,10H,5,8-9H2,1-2H3,(H2,18,19,20,21,22). The third kappa shape index (κ3) is 5.78. The van der Waals surface area contributed by atoms with Crippen molar-refractivity contribution in [3.63, 3.8) is 0 Å². The van der Waals surface area contributed by atoms with E-state index in [9.17, 15) is 17.6 Å². The van der Waals surface area contributed by atoms with Crippen molar-refractivity contribution < 1.29 is 27.1 Å². The minimum atomic E-state index is -4.24. The molecule has 0 aliphatic carbocycles. The smallest absolute Gasteiger partial charge is 0.335 e. The van der Waals surface area contributed by atoms with E-state index in [1.807, 2.05) is 4.72 Å². The number of ether oxygens (including phenoxy) is 2. The molecule has 1 heterocycles. The molecular formula is C16H19FN4O5S. The first kappa shape index (κ1) is 20.4. The number of halogens is 1. The van der Waals surface area contributed by atoms with Gasteiger partial charge in [-0.3, -0.25) is 9.71 Å². The lowest BCUT2D eigenvalue weighted by atomic mass is 10.3. The van der Waals surface area contributed by atoms with E-state index in [0.717, 1.165) is 0 Å². The maximum Gasteiger partial charge on any atom is 0.335 e. The largest absolute Gasteiger partial charge is 0.492 e. The van der Waals surface area contributed by atoms with E-state index in [1.165, 1.54) is 25.3 Å². The van der Waals surface area contributed by atoms with Gasteiger partial charge in [-0.05, 0) is 19.1 Å². The summed E-state index contributed by atoms with van der Waals surface area (Å²) in [7, 11) is -2.84. The van der Waals surface area contributed by atoms with Gasteiger partial charge in [-0.25, -0.2) is 22.9 Å². The second-order valence-corrected chi connectivity index (χ2v) is 6.92. The van der Waals surface area contributed by atoms with Gasteiger partial charge >= 0.3 is 6.03 Å². The van der Waals surface area contributed by atoms with Gasteiger partial charge in [0, 0.05) is 18.2 Å². The molecule has 0 saturated heterocycles. The van der Waals surface area contributed by atoms with Gasteiger partial charge < -0.3 is 9.47 Å². The van der Waals surface area contributed by atoms with Crippen LogP contribution in [0, 0.1) is 6.92 Å². The monoisotopic (exact) mass is 398 g/mol. The zero-order valence-corrected chi connectivity index (χ0v) is 15.5. The van der Waals surface area contributed by atoms with E-state index in [1.54, 1.807) is 19.1 Å². The molecule has 2 rings (SSSR count). The lowest BCUT2D eigenvalue weighted by Gasteiger charge is -2.12. The fourth-order valence-electron chi connectivity index (χ4n) is 2.03. The summed E-state index contributed by atoms with van der Waals surface area (Å²) in [5.41, 5.74) is 0.520. The summed E-state index contributed by atoms with van der Waals surface area (Å²) < 4.78 is 49.3. The quantitative estimate of drug-likeness (QED) is 0.653. The van der Waals surface area contributed by atoms with E-state index in [4.69, 9.17) is 9.47 Å². The summed E-state index contributed by atoms with van der Waals surface area (Å²) >= 11 is 0. The van der Waals surface area contributed by atoms with E-state index >= 15 is 0 Å². The maximum atomic E-state index is 12.5. The molecule has 0 bridgehead atoms. The number of sulfonamides is 1. The number of methoxy groups -OCH3 is 1. The van der Waals surface area contributed by atoms with E-state index in [0.29, 0.717) is 5.69 Å². The average molecular weight is 398 g/mol. The molecule has 2 N–H and O–H groups in total. The fraction of sp³-hybridized carbons (Fsp3) is 0.312. The van der Waals surface area contributed by atoms with Crippen molar-refractivity contribution in [2.45, 2.75) is 18.2 Å². The Morgan fingerprint density at radius 1 is 1.26 bits per heavy atom. The number of hydrogen-bond donors (Lipinski definition) is 2. The molecule has 0 saturated carbocycles. The number of aromatic nitrogens is 2. The highest BCUT2D eigenvalue weighted by molar-refractivity contribution is 7.90. The number of nitrogens with zero attached hydrogens (tertiary/aromatic N) is 2. The summed E-state index contributed by atoms with van der Waals surface area (Å²) in [6, 6.07) is 6.22. The Bertz CT molecular complexity index is 907. The molecule has 0 unspecified atom stereocenters. The van der Waals surface area contributed by atoms with Crippen LogP contribution in [0.3, 0.4) is 0 Å². The van der Waals surface area contributed by atoms with Crippen molar-refractivity contribution in [3.05, 3.63) is 36.0 Å². The van der Waals surface area contributed by atoms with Gasteiger partial charge in [-0.2, -0.15) is 4.98 Å². The first-order valence-electron chi connectivity index (χ1n) is 7.87. The number of nitrogens with one attached hydrogen (secondary N) is 2. The molecule has 0 atom stereocenters. The minimum Gasteiger partial charge on any atom is -0.492 e. The number of carbonyl (C=O) groups is 1. The number of anilines is 1. The van der Waals surface area contributed by atoms with E-state index < -0.39 is 22.7 Å². The van der Waals surface area contributed by atoms with Crippen LogP contribution in [-0.4, -0.2) is 44.8 Å². The lowest BCUT2D eigenvalue weighted by Crippen LogP contribution is -2.35. The Balaban J connectivity index is 2.14. The minimum absolute atomic E-state index is 0.00611. The first-order valence-corrected chi connectivity index (χ1v) is 9.35. The van der Waals surface area contributed by atoms with Crippen LogP contribution in [0.4, 0.5) is 15.1 Å². The maximum absolute atomic E-state index is 12.5. The number of urea groups is 1.